The van der Waals surface area contributed by atoms with Gasteiger partial charge in [-0.25, -0.2) is 9.78 Å². The van der Waals surface area contributed by atoms with Crippen LogP contribution in [0.5, 0.6) is 0 Å². The Kier molecular flexibility index (Phi) is 4.89. The molecule has 1 amide bonds. The zero-order chi connectivity index (χ0) is 14.5. The molecule has 0 radical (unpaired) electrons. The number of rotatable bonds is 4. The molecule has 0 aliphatic heterocycles. The number of carboxylic acid groups (broad SMARTS) is 1. The van der Waals surface area contributed by atoms with E-state index in [0.717, 1.165) is 32.1 Å². The predicted molar refractivity (Wildman–Crippen MR) is 72.5 cm³/mol. The second-order valence-corrected chi connectivity index (χ2v) is 5.30. The summed E-state index contributed by atoms with van der Waals surface area (Å²) in [6, 6.07) is -0.886. The minimum atomic E-state index is -1.01. The van der Waals surface area contributed by atoms with Gasteiger partial charge in [0.25, 0.3) is 5.91 Å². The lowest BCUT2D eigenvalue weighted by Crippen LogP contribution is -2.46. The van der Waals surface area contributed by atoms with Gasteiger partial charge in [-0.3, -0.25) is 9.78 Å². The van der Waals surface area contributed by atoms with Crippen molar-refractivity contribution in [1.29, 1.82) is 0 Å². The second-order valence-electron chi connectivity index (χ2n) is 4.91. The van der Waals surface area contributed by atoms with E-state index in [0.29, 0.717) is 0 Å². The van der Waals surface area contributed by atoms with E-state index in [4.69, 9.17) is 11.6 Å². The van der Waals surface area contributed by atoms with E-state index in [1.807, 2.05) is 0 Å². The van der Waals surface area contributed by atoms with Crippen molar-refractivity contribution in [2.75, 3.05) is 0 Å². The third-order valence-corrected chi connectivity index (χ3v) is 3.69. The molecule has 0 bridgehead atoms. The summed E-state index contributed by atoms with van der Waals surface area (Å²) in [4.78, 5) is 31.0. The summed E-state index contributed by atoms with van der Waals surface area (Å²) in [5, 5.41) is 11.9. The Bertz CT molecular complexity index is 503. The van der Waals surface area contributed by atoms with E-state index in [2.05, 4.69) is 15.3 Å². The highest BCUT2D eigenvalue weighted by Crippen LogP contribution is 2.26. The van der Waals surface area contributed by atoms with Gasteiger partial charge in [0.05, 0.1) is 12.4 Å². The van der Waals surface area contributed by atoms with Crippen molar-refractivity contribution in [3.05, 3.63) is 23.2 Å². The number of amides is 1. The van der Waals surface area contributed by atoms with Gasteiger partial charge < -0.3 is 10.4 Å². The summed E-state index contributed by atoms with van der Waals surface area (Å²) in [6.45, 7) is 0. The lowest BCUT2D eigenvalue weighted by Gasteiger charge is -2.27. The van der Waals surface area contributed by atoms with Crippen LogP contribution in [0.15, 0.2) is 12.4 Å². The Hall–Kier alpha value is -1.69. The number of aliphatic carboxylic acids is 1. The van der Waals surface area contributed by atoms with Gasteiger partial charge in [-0.15, -0.1) is 0 Å². The number of aromatic nitrogens is 2. The van der Waals surface area contributed by atoms with E-state index in [9.17, 15) is 14.7 Å². The molecule has 1 heterocycles. The molecular formula is C13H16ClN3O3. The van der Waals surface area contributed by atoms with Crippen LogP contribution in [0.4, 0.5) is 0 Å². The maximum absolute atomic E-state index is 12.0. The van der Waals surface area contributed by atoms with Crippen LogP contribution < -0.4 is 5.32 Å². The van der Waals surface area contributed by atoms with Crippen LogP contribution >= 0.6 is 11.6 Å². The number of nitrogens with one attached hydrogen (secondary N) is 1. The number of carbonyl (C=O) groups excluding carboxylic acids is 1. The van der Waals surface area contributed by atoms with Gasteiger partial charge in [-0.1, -0.05) is 30.9 Å². The Morgan fingerprint density at radius 3 is 2.60 bits per heavy atom. The van der Waals surface area contributed by atoms with E-state index in [1.165, 1.54) is 12.4 Å². The van der Waals surface area contributed by atoms with Crippen molar-refractivity contribution in [1.82, 2.24) is 15.3 Å². The topological polar surface area (TPSA) is 92.2 Å². The molecule has 1 unspecified atom stereocenters. The first kappa shape index (κ1) is 14.7. The zero-order valence-corrected chi connectivity index (χ0v) is 11.6. The van der Waals surface area contributed by atoms with Crippen molar-refractivity contribution in [3.63, 3.8) is 0 Å². The average Bonchev–Trinajstić information content (AvgIpc) is 2.45. The molecule has 2 N–H and O–H groups in total. The van der Waals surface area contributed by atoms with E-state index >= 15 is 0 Å². The molecule has 2 rings (SSSR count). The van der Waals surface area contributed by atoms with Crippen LogP contribution in [-0.4, -0.2) is 33.0 Å². The number of hydrogen-bond donors (Lipinski definition) is 2. The van der Waals surface area contributed by atoms with Crippen LogP contribution in [0.3, 0.4) is 0 Å². The molecule has 1 saturated carbocycles. The van der Waals surface area contributed by atoms with Crippen molar-refractivity contribution in [2.45, 2.75) is 38.1 Å². The molecule has 108 valence electrons. The molecule has 7 heteroatoms. The third-order valence-electron chi connectivity index (χ3n) is 3.51. The van der Waals surface area contributed by atoms with Crippen LogP contribution in [0.1, 0.15) is 42.6 Å². The third kappa shape index (κ3) is 3.66. The number of halogens is 1. The summed E-state index contributed by atoms with van der Waals surface area (Å²) in [5.74, 6) is -1.60. The number of carboxylic acids is 1. The normalized spacial score (nSPS) is 17.4. The molecule has 0 saturated heterocycles. The number of hydrogen-bond acceptors (Lipinski definition) is 4. The predicted octanol–water partition coefficient (Wildman–Crippen LogP) is 1.89. The fourth-order valence-corrected chi connectivity index (χ4v) is 2.66. The summed E-state index contributed by atoms with van der Waals surface area (Å²) < 4.78 is 0. The molecule has 0 spiro atoms. The monoisotopic (exact) mass is 297 g/mol. The maximum Gasteiger partial charge on any atom is 0.326 e. The van der Waals surface area contributed by atoms with Gasteiger partial charge in [0.2, 0.25) is 0 Å². The van der Waals surface area contributed by atoms with Crippen molar-refractivity contribution >= 4 is 23.5 Å². The molecular weight excluding hydrogens is 282 g/mol. The van der Waals surface area contributed by atoms with Gasteiger partial charge in [-0.05, 0) is 18.8 Å². The highest BCUT2D eigenvalue weighted by Gasteiger charge is 2.31. The lowest BCUT2D eigenvalue weighted by molar-refractivity contribution is -0.141. The van der Waals surface area contributed by atoms with E-state index in [-0.39, 0.29) is 16.8 Å². The van der Waals surface area contributed by atoms with Crippen LogP contribution in [0.2, 0.25) is 5.15 Å². The fourth-order valence-electron chi connectivity index (χ4n) is 2.52. The van der Waals surface area contributed by atoms with E-state index in [1.54, 1.807) is 0 Å². The quantitative estimate of drug-likeness (QED) is 0.885. The van der Waals surface area contributed by atoms with Crippen LogP contribution in [0.25, 0.3) is 0 Å². The first-order valence-electron chi connectivity index (χ1n) is 6.59. The van der Waals surface area contributed by atoms with Gasteiger partial charge in [0.15, 0.2) is 0 Å². The molecule has 6 nitrogen and oxygen atoms in total. The molecule has 1 atom stereocenters. The zero-order valence-electron chi connectivity index (χ0n) is 10.9. The molecule has 1 fully saturated rings. The largest absolute Gasteiger partial charge is 0.480 e. The Balaban J connectivity index is 2.07. The standard InChI is InChI=1S/C13H16ClN3O3/c14-10-7-15-6-9(16-10)12(18)17-11(13(19)20)8-4-2-1-3-5-8/h6-8,11H,1-5H2,(H,17,18)(H,19,20). The maximum atomic E-state index is 12.0. The highest BCUT2D eigenvalue weighted by molar-refractivity contribution is 6.29. The molecule has 20 heavy (non-hydrogen) atoms. The fraction of sp³-hybridized carbons (Fsp3) is 0.538. The van der Waals surface area contributed by atoms with Gasteiger partial charge in [-0.2, -0.15) is 0 Å². The number of nitrogens with zero attached hydrogens (tertiary/aromatic N) is 2. The highest BCUT2D eigenvalue weighted by atomic mass is 35.5. The number of carbonyl (C=O) groups is 2. The first-order chi connectivity index (χ1) is 9.58. The smallest absolute Gasteiger partial charge is 0.326 e. The molecule has 1 aromatic heterocycles. The first-order valence-corrected chi connectivity index (χ1v) is 6.97. The molecule has 1 aliphatic carbocycles. The molecule has 1 aromatic rings. The summed E-state index contributed by atoms with van der Waals surface area (Å²) in [7, 11) is 0. The summed E-state index contributed by atoms with van der Waals surface area (Å²) >= 11 is 5.67. The van der Waals surface area contributed by atoms with Crippen LogP contribution in [0, 0.1) is 5.92 Å². The van der Waals surface area contributed by atoms with Crippen molar-refractivity contribution in [3.8, 4) is 0 Å². The minimum absolute atomic E-state index is 0.0274. The Morgan fingerprint density at radius 2 is 2.00 bits per heavy atom. The summed E-state index contributed by atoms with van der Waals surface area (Å²) in [6.07, 6.45) is 7.34. The lowest BCUT2D eigenvalue weighted by atomic mass is 9.84. The van der Waals surface area contributed by atoms with Gasteiger partial charge in [0, 0.05) is 0 Å². The SMILES string of the molecule is O=C(NC(C(=O)O)C1CCCCC1)c1cncc(Cl)n1. The van der Waals surface area contributed by atoms with Crippen molar-refractivity contribution in [2.24, 2.45) is 5.92 Å². The minimum Gasteiger partial charge on any atom is -0.480 e. The second kappa shape index (κ2) is 6.65. The Morgan fingerprint density at radius 1 is 1.30 bits per heavy atom. The van der Waals surface area contributed by atoms with Gasteiger partial charge >= 0.3 is 5.97 Å². The van der Waals surface area contributed by atoms with Gasteiger partial charge in [0.1, 0.15) is 16.9 Å². The van der Waals surface area contributed by atoms with E-state index < -0.39 is 17.9 Å². The molecule has 0 aromatic carbocycles. The Labute approximate surface area is 121 Å². The average molecular weight is 298 g/mol. The summed E-state index contributed by atoms with van der Waals surface area (Å²) in [5.41, 5.74) is 0.0274. The molecule has 1 aliphatic rings. The van der Waals surface area contributed by atoms with Crippen LogP contribution in [-0.2, 0) is 4.79 Å². The van der Waals surface area contributed by atoms with Crippen molar-refractivity contribution < 1.29 is 14.7 Å².